The van der Waals surface area contributed by atoms with E-state index in [9.17, 15) is 4.79 Å². The molecule has 0 saturated carbocycles. The monoisotopic (exact) mass is 429 g/mol. The summed E-state index contributed by atoms with van der Waals surface area (Å²) in [6.45, 7) is 10.7. The third-order valence-corrected chi connectivity index (χ3v) is 6.85. The molecular weight excluding hydrogens is 398 g/mol. The van der Waals surface area contributed by atoms with Crippen molar-refractivity contribution in [3.63, 3.8) is 0 Å². The van der Waals surface area contributed by atoms with Gasteiger partial charge in [0.25, 0.3) is 0 Å². The Balaban J connectivity index is 1.40. The molecule has 0 aliphatic carbocycles. The number of thiazole rings is 1. The zero-order chi connectivity index (χ0) is 21.1. The molecule has 4 rings (SSSR count). The van der Waals surface area contributed by atoms with Gasteiger partial charge in [0.15, 0.2) is 11.0 Å². The van der Waals surface area contributed by atoms with Crippen LogP contribution in [0.5, 0.6) is 0 Å². The summed E-state index contributed by atoms with van der Waals surface area (Å²) in [5, 5.41) is 6.55. The summed E-state index contributed by atoms with van der Waals surface area (Å²) in [5.41, 5.74) is 2.86. The number of nitrogens with one attached hydrogen (secondary N) is 1. The number of nitrogens with zero attached hydrogens (tertiary/aromatic N) is 6. The van der Waals surface area contributed by atoms with Gasteiger partial charge in [-0.05, 0) is 33.7 Å². The number of hydrogen-bond acceptors (Lipinski definition) is 8. The highest BCUT2D eigenvalue weighted by Crippen LogP contribution is 2.28. The van der Waals surface area contributed by atoms with Crippen molar-refractivity contribution >= 4 is 28.2 Å². The van der Waals surface area contributed by atoms with Crippen LogP contribution >= 0.6 is 11.3 Å². The van der Waals surface area contributed by atoms with E-state index in [1.54, 1.807) is 11.3 Å². The number of aryl methyl sites for hydroxylation is 1. The average molecular weight is 430 g/mol. The van der Waals surface area contributed by atoms with Crippen molar-refractivity contribution in [2.75, 3.05) is 63.1 Å². The van der Waals surface area contributed by atoms with Gasteiger partial charge >= 0.3 is 0 Å². The molecule has 162 valence electrons. The first kappa shape index (κ1) is 21.0. The lowest BCUT2D eigenvalue weighted by Gasteiger charge is -2.32. The van der Waals surface area contributed by atoms with Gasteiger partial charge in [0.05, 0.1) is 0 Å². The molecule has 8 nitrogen and oxygen atoms in total. The number of aromatic nitrogens is 3. The Morgan fingerprint density at radius 3 is 2.63 bits per heavy atom. The minimum atomic E-state index is 0.283. The van der Waals surface area contributed by atoms with Gasteiger partial charge < -0.3 is 20.0 Å². The van der Waals surface area contributed by atoms with Crippen molar-refractivity contribution in [3.05, 3.63) is 16.6 Å². The summed E-state index contributed by atoms with van der Waals surface area (Å²) in [7, 11) is 2.16. The summed E-state index contributed by atoms with van der Waals surface area (Å²) in [4.78, 5) is 32.7. The van der Waals surface area contributed by atoms with E-state index in [-0.39, 0.29) is 5.91 Å². The molecule has 4 heterocycles. The van der Waals surface area contributed by atoms with Gasteiger partial charge in [-0.25, -0.2) is 15.0 Å². The zero-order valence-electron chi connectivity index (χ0n) is 18.1. The Bertz CT molecular complexity index is 891. The number of likely N-dealkylation sites (N-methyl/N-ethyl adjacent to an activating group) is 1. The van der Waals surface area contributed by atoms with Crippen molar-refractivity contribution in [2.45, 2.75) is 33.1 Å². The van der Waals surface area contributed by atoms with E-state index in [2.05, 4.69) is 32.5 Å². The number of hydrogen-bond donors (Lipinski definition) is 1. The molecule has 2 aromatic heterocycles. The fraction of sp³-hybridized carbons (Fsp3) is 0.619. The fourth-order valence-corrected chi connectivity index (χ4v) is 4.70. The Morgan fingerprint density at radius 2 is 1.90 bits per heavy atom. The highest BCUT2D eigenvalue weighted by Gasteiger charge is 2.20. The second kappa shape index (κ2) is 9.26. The lowest BCUT2D eigenvalue weighted by atomic mass is 10.2. The van der Waals surface area contributed by atoms with Crippen LogP contribution in [0.1, 0.15) is 30.5 Å². The van der Waals surface area contributed by atoms with Gasteiger partial charge in [-0.2, -0.15) is 0 Å². The molecular formula is C21H31N7OS. The largest absolute Gasteiger partial charge is 0.370 e. The molecule has 9 heteroatoms. The quantitative estimate of drug-likeness (QED) is 0.677. The third-order valence-electron chi connectivity index (χ3n) is 5.95. The summed E-state index contributed by atoms with van der Waals surface area (Å²) in [6.07, 6.45) is 2.60. The van der Waals surface area contributed by atoms with Gasteiger partial charge in [-0.1, -0.05) is 0 Å². The summed E-state index contributed by atoms with van der Waals surface area (Å²) in [6, 6.07) is 0. The highest BCUT2D eigenvalue weighted by atomic mass is 32.1. The SMILES string of the molecule is Cc1nc(-c2csc(N3CCN(C)CC3)n2)nc(NCCCN2CCCC2=O)c1C. The van der Waals surface area contributed by atoms with Gasteiger partial charge in [0.2, 0.25) is 5.91 Å². The van der Waals surface area contributed by atoms with E-state index < -0.39 is 0 Å². The topological polar surface area (TPSA) is 77.5 Å². The molecule has 0 radical (unpaired) electrons. The molecule has 2 saturated heterocycles. The molecule has 2 aliphatic heterocycles. The predicted octanol–water partition coefficient (Wildman–Crippen LogP) is 2.39. The van der Waals surface area contributed by atoms with Crippen LogP contribution in [-0.4, -0.2) is 83.5 Å². The normalized spacial score (nSPS) is 17.8. The summed E-state index contributed by atoms with van der Waals surface area (Å²) in [5.74, 6) is 1.82. The average Bonchev–Trinajstić information content (AvgIpc) is 3.38. The van der Waals surface area contributed by atoms with Gasteiger partial charge in [0.1, 0.15) is 11.5 Å². The standard InChI is InChI=1S/C21H31N7OS/c1-15-16(2)23-20(17-14-30-21(24-17)28-12-10-26(3)11-13-28)25-19(15)22-7-5-9-27-8-4-6-18(27)29/h14H,4-13H2,1-3H3,(H,22,23,25). The number of carbonyl (C=O) groups excluding carboxylic acids is 1. The number of rotatable bonds is 7. The first-order valence-electron chi connectivity index (χ1n) is 10.8. The van der Waals surface area contributed by atoms with E-state index in [0.717, 1.165) is 86.6 Å². The maximum atomic E-state index is 11.7. The number of carbonyl (C=O) groups is 1. The Labute approximate surface area is 182 Å². The van der Waals surface area contributed by atoms with E-state index in [1.165, 1.54) is 0 Å². The molecule has 0 unspecified atom stereocenters. The number of amides is 1. The number of anilines is 2. The van der Waals surface area contributed by atoms with Gasteiger partial charge in [-0.15, -0.1) is 11.3 Å². The predicted molar refractivity (Wildman–Crippen MR) is 121 cm³/mol. The number of likely N-dealkylation sites (tertiary alicyclic amines) is 1. The van der Waals surface area contributed by atoms with Crippen molar-refractivity contribution in [2.24, 2.45) is 0 Å². The van der Waals surface area contributed by atoms with Crippen molar-refractivity contribution in [1.29, 1.82) is 0 Å². The van der Waals surface area contributed by atoms with Gasteiger partial charge in [0, 0.05) is 68.9 Å². The minimum absolute atomic E-state index is 0.283. The maximum absolute atomic E-state index is 11.7. The molecule has 2 aliphatic rings. The molecule has 0 bridgehead atoms. The lowest BCUT2D eigenvalue weighted by Crippen LogP contribution is -2.44. The van der Waals surface area contributed by atoms with Crippen LogP contribution in [0.2, 0.25) is 0 Å². The molecule has 30 heavy (non-hydrogen) atoms. The van der Waals surface area contributed by atoms with Crippen LogP contribution in [0, 0.1) is 13.8 Å². The smallest absolute Gasteiger partial charge is 0.222 e. The van der Waals surface area contributed by atoms with Crippen LogP contribution in [0.4, 0.5) is 10.9 Å². The van der Waals surface area contributed by atoms with E-state index in [0.29, 0.717) is 12.2 Å². The lowest BCUT2D eigenvalue weighted by molar-refractivity contribution is -0.127. The molecule has 0 spiro atoms. The van der Waals surface area contributed by atoms with Crippen molar-refractivity contribution in [3.8, 4) is 11.5 Å². The van der Waals surface area contributed by atoms with E-state index in [1.807, 2.05) is 18.7 Å². The molecule has 0 aromatic carbocycles. The van der Waals surface area contributed by atoms with Crippen LogP contribution in [0.15, 0.2) is 5.38 Å². The zero-order valence-corrected chi connectivity index (χ0v) is 19.0. The molecule has 0 atom stereocenters. The molecule has 2 fully saturated rings. The first-order valence-corrected chi connectivity index (χ1v) is 11.7. The van der Waals surface area contributed by atoms with Crippen molar-refractivity contribution in [1.82, 2.24) is 24.8 Å². The first-order chi connectivity index (χ1) is 14.5. The van der Waals surface area contributed by atoms with E-state index >= 15 is 0 Å². The van der Waals surface area contributed by atoms with Gasteiger partial charge in [-0.3, -0.25) is 4.79 Å². The van der Waals surface area contributed by atoms with Crippen LogP contribution in [0.25, 0.3) is 11.5 Å². The Kier molecular flexibility index (Phi) is 6.48. The molecule has 2 aromatic rings. The van der Waals surface area contributed by atoms with Crippen LogP contribution in [0.3, 0.4) is 0 Å². The summed E-state index contributed by atoms with van der Waals surface area (Å²) < 4.78 is 0. The summed E-state index contributed by atoms with van der Waals surface area (Å²) >= 11 is 1.66. The fourth-order valence-electron chi connectivity index (χ4n) is 3.84. The minimum Gasteiger partial charge on any atom is -0.370 e. The second-order valence-electron chi connectivity index (χ2n) is 8.18. The van der Waals surface area contributed by atoms with Crippen molar-refractivity contribution < 1.29 is 4.79 Å². The van der Waals surface area contributed by atoms with Crippen LogP contribution in [-0.2, 0) is 4.79 Å². The number of piperazine rings is 1. The Hall–Kier alpha value is -2.26. The maximum Gasteiger partial charge on any atom is 0.222 e. The molecule has 1 amide bonds. The Morgan fingerprint density at radius 1 is 1.10 bits per heavy atom. The van der Waals surface area contributed by atoms with Crippen LogP contribution < -0.4 is 10.2 Å². The molecule has 1 N–H and O–H groups in total. The third kappa shape index (κ3) is 4.73. The highest BCUT2D eigenvalue weighted by molar-refractivity contribution is 7.14. The second-order valence-corrected chi connectivity index (χ2v) is 9.01. The van der Waals surface area contributed by atoms with E-state index in [4.69, 9.17) is 9.97 Å².